The molecule has 0 radical (unpaired) electrons. The number of nitrogens with two attached hydrogens (primary N) is 1. The highest BCUT2D eigenvalue weighted by atomic mass is 79.9. The molecule has 0 saturated heterocycles. The van der Waals surface area contributed by atoms with Gasteiger partial charge in [0, 0.05) is 4.47 Å². The third-order valence-electron chi connectivity index (χ3n) is 2.31. The van der Waals surface area contributed by atoms with Crippen molar-refractivity contribution in [3.63, 3.8) is 0 Å². The summed E-state index contributed by atoms with van der Waals surface area (Å²) in [5.41, 5.74) is 2.35. The number of ether oxygens (including phenoxy) is 1. The number of hydrazine groups is 1. The molecule has 1 aromatic carbocycles. The lowest BCUT2D eigenvalue weighted by molar-refractivity contribution is 0.0953. The van der Waals surface area contributed by atoms with Crippen LogP contribution in [0, 0.1) is 0 Å². The summed E-state index contributed by atoms with van der Waals surface area (Å²) in [5, 5.41) is 0.487. The molecule has 0 saturated carbocycles. The number of furan rings is 1. The van der Waals surface area contributed by atoms with E-state index in [0.29, 0.717) is 22.1 Å². The van der Waals surface area contributed by atoms with Crippen molar-refractivity contribution in [2.24, 2.45) is 5.84 Å². The molecule has 0 atom stereocenters. The Morgan fingerprint density at radius 3 is 2.95 bits per heavy atom. The third kappa shape index (κ3) is 3.50. The number of rotatable bonds is 4. The molecule has 1 heterocycles. The topological polar surface area (TPSA) is 77.5 Å². The number of nitrogens with one attached hydrogen (secondary N) is 1. The molecule has 0 spiro atoms. The van der Waals surface area contributed by atoms with Crippen LogP contribution in [0.4, 0.5) is 0 Å². The number of nitrogen functional groups attached to an aromatic ring is 1. The summed E-state index contributed by atoms with van der Waals surface area (Å²) in [7, 11) is 0. The molecule has 0 unspecified atom stereocenters. The van der Waals surface area contributed by atoms with E-state index in [4.69, 9.17) is 26.6 Å². The zero-order valence-electron chi connectivity index (χ0n) is 9.65. The Hall–Kier alpha value is -1.50. The van der Waals surface area contributed by atoms with E-state index < -0.39 is 5.91 Å². The molecule has 1 amide bonds. The molecule has 2 aromatic rings. The molecule has 1 aromatic heterocycles. The fourth-order valence-corrected chi connectivity index (χ4v) is 2.13. The van der Waals surface area contributed by atoms with E-state index in [-0.39, 0.29) is 6.61 Å². The second kappa shape index (κ2) is 6.10. The molecule has 0 aliphatic carbocycles. The number of halogens is 2. The summed E-state index contributed by atoms with van der Waals surface area (Å²) in [6, 6.07) is 6.83. The quantitative estimate of drug-likeness (QED) is 0.507. The first-order chi connectivity index (χ1) is 9.10. The smallest absolute Gasteiger partial charge is 0.268 e. The average molecular weight is 346 g/mol. The summed E-state index contributed by atoms with van der Waals surface area (Å²) in [6.45, 7) is 0.166. The van der Waals surface area contributed by atoms with Crippen molar-refractivity contribution in [3.05, 3.63) is 51.3 Å². The SMILES string of the molecule is NNC(=O)c1coc(COc2ccc(Br)cc2Cl)c1. The van der Waals surface area contributed by atoms with Gasteiger partial charge >= 0.3 is 0 Å². The Morgan fingerprint density at radius 1 is 1.47 bits per heavy atom. The molecule has 0 aliphatic rings. The normalized spacial score (nSPS) is 10.3. The molecule has 2 rings (SSSR count). The van der Waals surface area contributed by atoms with Crippen LogP contribution < -0.4 is 16.0 Å². The molecule has 7 heteroatoms. The Bertz CT molecular complexity index is 600. The largest absolute Gasteiger partial charge is 0.484 e. The highest BCUT2D eigenvalue weighted by molar-refractivity contribution is 9.10. The number of hydrogen-bond acceptors (Lipinski definition) is 4. The van der Waals surface area contributed by atoms with Crippen LogP contribution in [0.15, 0.2) is 39.4 Å². The third-order valence-corrected chi connectivity index (χ3v) is 3.10. The van der Waals surface area contributed by atoms with Crippen LogP contribution in [-0.2, 0) is 6.61 Å². The minimum atomic E-state index is -0.420. The number of amides is 1. The van der Waals surface area contributed by atoms with Gasteiger partial charge in [-0.1, -0.05) is 27.5 Å². The Kier molecular flexibility index (Phi) is 4.47. The molecular weight excluding hydrogens is 336 g/mol. The highest BCUT2D eigenvalue weighted by Crippen LogP contribution is 2.28. The lowest BCUT2D eigenvalue weighted by Crippen LogP contribution is -2.29. The van der Waals surface area contributed by atoms with Gasteiger partial charge in [-0.25, -0.2) is 5.84 Å². The van der Waals surface area contributed by atoms with Gasteiger partial charge in [-0.15, -0.1) is 0 Å². The predicted octanol–water partition coefficient (Wildman–Crippen LogP) is 2.88. The van der Waals surface area contributed by atoms with E-state index in [0.717, 1.165) is 4.47 Å². The maximum absolute atomic E-state index is 11.2. The maximum Gasteiger partial charge on any atom is 0.268 e. The Labute approximate surface area is 122 Å². The van der Waals surface area contributed by atoms with Crippen LogP contribution in [0.25, 0.3) is 0 Å². The van der Waals surface area contributed by atoms with Gasteiger partial charge in [-0.05, 0) is 24.3 Å². The van der Waals surface area contributed by atoms with E-state index >= 15 is 0 Å². The predicted molar refractivity (Wildman–Crippen MR) is 73.8 cm³/mol. The van der Waals surface area contributed by atoms with Crippen LogP contribution in [0.5, 0.6) is 5.75 Å². The van der Waals surface area contributed by atoms with Gasteiger partial charge < -0.3 is 9.15 Å². The van der Waals surface area contributed by atoms with Gasteiger partial charge in [0.15, 0.2) is 0 Å². The van der Waals surface area contributed by atoms with Crippen molar-refractivity contribution in [2.75, 3.05) is 0 Å². The minimum absolute atomic E-state index is 0.166. The van der Waals surface area contributed by atoms with Crippen molar-refractivity contribution in [2.45, 2.75) is 6.61 Å². The second-order valence-corrected chi connectivity index (χ2v) is 4.96. The molecule has 3 N–H and O–H groups in total. The van der Waals surface area contributed by atoms with Gasteiger partial charge in [0.05, 0.1) is 10.6 Å². The van der Waals surface area contributed by atoms with Crippen LogP contribution in [0.2, 0.25) is 5.02 Å². The van der Waals surface area contributed by atoms with Gasteiger partial charge in [0.1, 0.15) is 24.4 Å². The summed E-state index contributed by atoms with van der Waals surface area (Å²) < 4.78 is 11.5. The van der Waals surface area contributed by atoms with Gasteiger partial charge in [0.25, 0.3) is 5.91 Å². The van der Waals surface area contributed by atoms with Crippen LogP contribution in [0.1, 0.15) is 16.1 Å². The summed E-state index contributed by atoms with van der Waals surface area (Å²) in [4.78, 5) is 11.2. The van der Waals surface area contributed by atoms with E-state index in [1.807, 2.05) is 11.5 Å². The Balaban J connectivity index is 2.02. The monoisotopic (exact) mass is 344 g/mol. The van der Waals surface area contributed by atoms with Crippen molar-refractivity contribution < 1.29 is 13.9 Å². The number of benzene rings is 1. The lowest BCUT2D eigenvalue weighted by atomic mass is 10.3. The van der Waals surface area contributed by atoms with E-state index in [2.05, 4.69) is 15.9 Å². The lowest BCUT2D eigenvalue weighted by Gasteiger charge is -2.06. The summed E-state index contributed by atoms with van der Waals surface area (Å²) in [5.74, 6) is 5.63. The van der Waals surface area contributed by atoms with Crippen LogP contribution in [-0.4, -0.2) is 5.91 Å². The first kappa shape index (κ1) is 13.9. The first-order valence-corrected chi connectivity index (χ1v) is 6.43. The molecule has 0 fully saturated rings. The van der Waals surface area contributed by atoms with Crippen molar-refractivity contribution in [1.29, 1.82) is 0 Å². The average Bonchev–Trinajstić information content (AvgIpc) is 2.85. The number of hydrogen-bond donors (Lipinski definition) is 2. The van der Waals surface area contributed by atoms with Crippen molar-refractivity contribution in [1.82, 2.24) is 5.43 Å². The van der Waals surface area contributed by atoms with Gasteiger partial charge in [-0.2, -0.15) is 0 Å². The standard InChI is InChI=1S/C12H10BrClN2O3/c13-8-1-2-11(10(14)4-8)19-6-9-3-7(5-18-9)12(17)16-15/h1-5H,6,15H2,(H,16,17). The summed E-state index contributed by atoms with van der Waals surface area (Å²) in [6.07, 6.45) is 1.31. The second-order valence-electron chi connectivity index (χ2n) is 3.64. The number of carbonyl (C=O) groups is 1. The minimum Gasteiger partial charge on any atom is -0.484 e. The zero-order valence-corrected chi connectivity index (χ0v) is 12.0. The maximum atomic E-state index is 11.2. The van der Waals surface area contributed by atoms with Crippen molar-refractivity contribution in [3.8, 4) is 5.75 Å². The molecule has 5 nitrogen and oxygen atoms in total. The molecular formula is C12H10BrClN2O3. The first-order valence-electron chi connectivity index (χ1n) is 5.26. The van der Waals surface area contributed by atoms with Gasteiger partial charge in [-0.3, -0.25) is 10.2 Å². The number of carbonyl (C=O) groups excluding carboxylic acids is 1. The molecule has 0 aliphatic heterocycles. The summed E-state index contributed by atoms with van der Waals surface area (Å²) >= 11 is 9.31. The zero-order chi connectivity index (χ0) is 13.8. The molecule has 0 bridgehead atoms. The fraction of sp³-hybridized carbons (Fsp3) is 0.0833. The van der Waals surface area contributed by atoms with Gasteiger partial charge in [0.2, 0.25) is 0 Å². The molecule has 100 valence electrons. The highest BCUT2D eigenvalue weighted by Gasteiger charge is 2.10. The van der Waals surface area contributed by atoms with Crippen LogP contribution in [0.3, 0.4) is 0 Å². The van der Waals surface area contributed by atoms with Crippen LogP contribution >= 0.6 is 27.5 Å². The Morgan fingerprint density at radius 2 is 2.26 bits per heavy atom. The van der Waals surface area contributed by atoms with E-state index in [9.17, 15) is 4.79 Å². The van der Waals surface area contributed by atoms with E-state index in [1.165, 1.54) is 6.26 Å². The molecule has 19 heavy (non-hydrogen) atoms. The fourth-order valence-electron chi connectivity index (χ4n) is 1.40. The van der Waals surface area contributed by atoms with Crippen molar-refractivity contribution >= 4 is 33.4 Å². The van der Waals surface area contributed by atoms with E-state index in [1.54, 1.807) is 18.2 Å².